The van der Waals surface area contributed by atoms with Gasteiger partial charge in [-0.15, -0.1) is 0 Å². The molecule has 0 radical (unpaired) electrons. The molecule has 4 rings (SSSR count). The Balaban J connectivity index is 1.82. The third-order valence-electron chi connectivity index (χ3n) is 3.73. The van der Waals surface area contributed by atoms with Crippen LogP contribution in [0, 0.1) is 0 Å². The summed E-state index contributed by atoms with van der Waals surface area (Å²) in [5.41, 5.74) is 4.77. The zero-order valence-corrected chi connectivity index (χ0v) is 13.5. The zero-order chi connectivity index (χ0) is 15.1. The quantitative estimate of drug-likeness (QED) is 0.563. The lowest BCUT2D eigenvalue weighted by Crippen LogP contribution is -2.10. The molecule has 2 aromatic heterocycles. The number of benzene rings is 2. The van der Waals surface area contributed by atoms with Crippen LogP contribution < -0.4 is 0 Å². The van der Waals surface area contributed by atoms with E-state index in [2.05, 4.69) is 72.1 Å². The number of aromatic nitrogens is 2. The van der Waals surface area contributed by atoms with E-state index in [4.69, 9.17) is 4.98 Å². The van der Waals surface area contributed by atoms with Crippen LogP contribution in [0.15, 0.2) is 54.7 Å². The van der Waals surface area contributed by atoms with Crippen LogP contribution in [0.2, 0.25) is 0 Å². The second-order valence-electron chi connectivity index (χ2n) is 5.79. The van der Waals surface area contributed by atoms with Crippen molar-refractivity contribution in [3.63, 3.8) is 0 Å². The average molecular weight is 307 g/mol. The molecule has 0 bridgehead atoms. The van der Waals surface area contributed by atoms with Crippen LogP contribution >= 0.6 is 11.3 Å². The molecule has 0 saturated heterocycles. The van der Waals surface area contributed by atoms with Gasteiger partial charge < -0.3 is 4.90 Å². The molecule has 2 heterocycles. The molecule has 0 aliphatic rings. The van der Waals surface area contributed by atoms with E-state index in [1.807, 2.05) is 6.07 Å². The second kappa shape index (κ2) is 5.23. The Kier molecular flexibility index (Phi) is 3.21. The number of hydrogen-bond acceptors (Lipinski definition) is 3. The molecule has 4 heteroatoms. The van der Waals surface area contributed by atoms with Gasteiger partial charge in [0.2, 0.25) is 0 Å². The largest absolute Gasteiger partial charge is 0.305 e. The minimum Gasteiger partial charge on any atom is -0.305 e. The monoisotopic (exact) mass is 307 g/mol. The lowest BCUT2D eigenvalue weighted by molar-refractivity contribution is 0.403. The van der Waals surface area contributed by atoms with E-state index < -0.39 is 0 Å². The Labute approximate surface area is 133 Å². The van der Waals surface area contributed by atoms with E-state index >= 15 is 0 Å². The van der Waals surface area contributed by atoms with Gasteiger partial charge in [0.25, 0.3) is 0 Å². The van der Waals surface area contributed by atoms with Crippen molar-refractivity contribution in [2.75, 3.05) is 14.1 Å². The standard InChI is InChI=1S/C18H17N3S/c1-20(2)11-13-8-9-16-17(10-13)22-18-19-15(12-21(16)18)14-6-4-3-5-7-14/h3-10,12H,11H2,1-2H3. The minimum atomic E-state index is 0.964. The molecule has 110 valence electrons. The van der Waals surface area contributed by atoms with Crippen LogP contribution in [-0.2, 0) is 6.54 Å². The maximum absolute atomic E-state index is 4.78. The van der Waals surface area contributed by atoms with E-state index in [-0.39, 0.29) is 0 Å². The molecule has 0 amide bonds. The summed E-state index contributed by atoms with van der Waals surface area (Å²) in [7, 11) is 4.19. The first-order valence-electron chi connectivity index (χ1n) is 7.31. The first-order chi connectivity index (χ1) is 10.7. The fourth-order valence-corrected chi connectivity index (χ4v) is 3.83. The number of fused-ring (bicyclic) bond motifs is 3. The molecule has 0 spiro atoms. The summed E-state index contributed by atoms with van der Waals surface area (Å²) in [4.78, 5) is 8.02. The summed E-state index contributed by atoms with van der Waals surface area (Å²) in [5.74, 6) is 0. The number of hydrogen-bond donors (Lipinski definition) is 0. The van der Waals surface area contributed by atoms with Crippen molar-refractivity contribution in [3.05, 3.63) is 60.3 Å². The fraction of sp³-hybridized carbons (Fsp3) is 0.167. The lowest BCUT2D eigenvalue weighted by atomic mass is 10.2. The molecule has 0 N–H and O–H groups in total. The molecule has 0 saturated carbocycles. The molecule has 22 heavy (non-hydrogen) atoms. The van der Waals surface area contributed by atoms with Crippen LogP contribution in [0.3, 0.4) is 0 Å². The second-order valence-corrected chi connectivity index (χ2v) is 6.80. The van der Waals surface area contributed by atoms with Gasteiger partial charge in [-0.05, 0) is 31.8 Å². The normalized spacial score (nSPS) is 11.8. The Hall–Kier alpha value is -2.17. The molecule has 3 nitrogen and oxygen atoms in total. The molecule has 2 aromatic carbocycles. The zero-order valence-electron chi connectivity index (χ0n) is 12.7. The van der Waals surface area contributed by atoms with Crippen molar-refractivity contribution in [1.82, 2.24) is 14.3 Å². The Bertz CT molecular complexity index is 935. The lowest BCUT2D eigenvalue weighted by Gasteiger charge is -2.09. The van der Waals surface area contributed by atoms with Crippen LogP contribution in [-0.4, -0.2) is 28.4 Å². The molecule has 0 aliphatic heterocycles. The Morgan fingerprint density at radius 2 is 1.91 bits per heavy atom. The summed E-state index contributed by atoms with van der Waals surface area (Å²) in [6.45, 7) is 0.964. The van der Waals surface area contributed by atoms with Crippen molar-refractivity contribution in [3.8, 4) is 11.3 Å². The highest BCUT2D eigenvalue weighted by Gasteiger charge is 2.10. The van der Waals surface area contributed by atoms with Crippen molar-refractivity contribution in [1.29, 1.82) is 0 Å². The van der Waals surface area contributed by atoms with E-state index in [1.54, 1.807) is 11.3 Å². The highest BCUT2D eigenvalue weighted by atomic mass is 32.1. The molecular formula is C18H17N3S. The summed E-state index contributed by atoms with van der Waals surface area (Å²) < 4.78 is 3.49. The van der Waals surface area contributed by atoms with Crippen molar-refractivity contribution < 1.29 is 0 Å². The van der Waals surface area contributed by atoms with Crippen LogP contribution in [0.1, 0.15) is 5.56 Å². The summed E-state index contributed by atoms with van der Waals surface area (Å²) in [6, 6.07) is 17.0. The molecule has 0 unspecified atom stereocenters. The summed E-state index contributed by atoms with van der Waals surface area (Å²) in [5, 5.41) is 0. The van der Waals surface area contributed by atoms with Crippen LogP contribution in [0.25, 0.3) is 26.4 Å². The van der Waals surface area contributed by atoms with Crippen molar-refractivity contribution in [2.24, 2.45) is 0 Å². The van der Waals surface area contributed by atoms with Crippen LogP contribution in [0.5, 0.6) is 0 Å². The SMILES string of the molecule is CN(C)Cc1ccc2c(c1)sc1nc(-c3ccccc3)cn12. The Morgan fingerprint density at radius 1 is 1.09 bits per heavy atom. The molecule has 0 fully saturated rings. The highest BCUT2D eigenvalue weighted by molar-refractivity contribution is 7.23. The van der Waals surface area contributed by atoms with E-state index in [0.717, 1.165) is 22.8 Å². The van der Waals surface area contributed by atoms with Gasteiger partial charge in [0, 0.05) is 18.3 Å². The fourth-order valence-electron chi connectivity index (χ4n) is 2.76. The number of thiazole rings is 1. The van der Waals surface area contributed by atoms with Gasteiger partial charge in [0.15, 0.2) is 4.96 Å². The van der Waals surface area contributed by atoms with Gasteiger partial charge in [0.05, 0.1) is 15.9 Å². The average Bonchev–Trinajstić information content (AvgIpc) is 3.04. The molecular weight excluding hydrogens is 290 g/mol. The maximum atomic E-state index is 4.78. The Morgan fingerprint density at radius 3 is 2.68 bits per heavy atom. The van der Waals surface area contributed by atoms with Gasteiger partial charge >= 0.3 is 0 Å². The van der Waals surface area contributed by atoms with Crippen LogP contribution in [0.4, 0.5) is 0 Å². The van der Waals surface area contributed by atoms with Gasteiger partial charge in [-0.1, -0.05) is 47.7 Å². The van der Waals surface area contributed by atoms with Gasteiger partial charge in [-0.25, -0.2) is 4.98 Å². The van der Waals surface area contributed by atoms with Gasteiger partial charge in [-0.3, -0.25) is 4.40 Å². The number of nitrogens with zero attached hydrogens (tertiary/aromatic N) is 3. The first-order valence-corrected chi connectivity index (χ1v) is 8.13. The predicted octanol–water partition coefficient (Wildman–Crippen LogP) is 4.28. The van der Waals surface area contributed by atoms with Crippen molar-refractivity contribution in [2.45, 2.75) is 6.54 Å². The molecule has 0 atom stereocenters. The molecule has 0 aliphatic carbocycles. The summed E-state index contributed by atoms with van der Waals surface area (Å²) in [6.07, 6.45) is 2.13. The predicted molar refractivity (Wildman–Crippen MR) is 93.4 cm³/mol. The van der Waals surface area contributed by atoms with Crippen molar-refractivity contribution >= 4 is 26.5 Å². The number of rotatable bonds is 3. The third kappa shape index (κ3) is 2.30. The van der Waals surface area contributed by atoms with E-state index in [0.29, 0.717) is 0 Å². The van der Waals surface area contributed by atoms with Gasteiger partial charge in [0.1, 0.15) is 0 Å². The first kappa shape index (κ1) is 13.5. The smallest absolute Gasteiger partial charge is 0.195 e. The molecule has 4 aromatic rings. The topological polar surface area (TPSA) is 20.5 Å². The van der Waals surface area contributed by atoms with Gasteiger partial charge in [-0.2, -0.15) is 0 Å². The van der Waals surface area contributed by atoms with E-state index in [9.17, 15) is 0 Å². The highest BCUT2D eigenvalue weighted by Crippen LogP contribution is 2.30. The maximum Gasteiger partial charge on any atom is 0.195 e. The number of imidazole rings is 1. The summed E-state index contributed by atoms with van der Waals surface area (Å²) >= 11 is 1.75. The third-order valence-corrected chi connectivity index (χ3v) is 4.74. The minimum absolute atomic E-state index is 0.964. The van der Waals surface area contributed by atoms with E-state index in [1.165, 1.54) is 15.8 Å².